The summed E-state index contributed by atoms with van der Waals surface area (Å²) in [5.41, 5.74) is 2.06. The van der Waals surface area contributed by atoms with Crippen LogP contribution in [0.15, 0.2) is 18.2 Å². The Hall–Kier alpha value is -2.04. The van der Waals surface area contributed by atoms with Gasteiger partial charge in [-0.25, -0.2) is 0 Å². The highest BCUT2D eigenvalue weighted by atomic mass is 15.2. The third-order valence-corrected chi connectivity index (χ3v) is 4.93. The largest absolute Gasteiger partial charge is 0.365 e. The van der Waals surface area contributed by atoms with E-state index in [-0.39, 0.29) is 0 Å². The second kappa shape index (κ2) is 5.76. The van der Waals surface area contributed by atoms with Crippen LogP contribution >= 0.6 is 0 Å². The molecule has 21 heavy (non-hydrogen) atoms. The first kappa shape index (κ1) is 13.9. The van der Waals surface area contributed by atoms with E-state index in [0.717, 1.165) is 18.5 Å². The number of nitrogens with one attached hydrogen (secondary N) is 1. The summed E-state index contributed by atoms with van der Waals surface area (Å²) in [6, 6.07) is 11.6. The Morgan fingerprint density at radius 1 is 1.10 bits per heavy atom. The molecule has 1 N–H and O–H groups in total. The van der Waals surface area contributed by atoms with Gasteiger partial charge in [0.2, 0.25) is 0 Å². The smallest absolute Gasteiger partial charge is 0.101 e. The van der Waals surface area contributed by atoms with E-state index in [1.165, 1.54) is 19.3 Å². The molecule has 4 heteroatoms. The van der Waals surface area contributed by atoms with Crippen molar-refractivity contribution >= 4 is 5.69 Å². The Morgan fingerprint density at radius 3 is 2.33 bits per heavy atom. The van der Waals surface area contributed by atoms with E-state index in [0.29, 0.717) is 29.3 Å². The Kier molecular flexibility index (Phi) is 3.82. The minimum atomic E-state index is 0.469. The fraction of sp³-hybridized carbons (Fsp3) is 0.529. The molecule has 2 fully saturated rings. The maximum atomic E-state index is 9.23. The van der Waals surface area contributed by atoms with Crippen LogP contribution in [-0.2, 0) is 0 Å². The molecule has 2 heterocycles. The van der Waals surface area contributed by atoms with Crippen LogP contribution in [0.4, 0.5) is 5.69 Å². The van der Waals surface area contributed by atoms with Crippen molar-refractivity contribution in [2.75, 3.05) is 11.9 Å². The number of benzene rings is 1. The number of nitrogens with zero attached hydrogens (tertiary/aromatic N) is 3. The number of hydrogen-bond acceptors (Lipinski definition) is 4. The first-order valence-corrected chi connectivity index (χ1v) is 7.66. The number of fused-ring (bicyclic) bond motifs is 2. The van der Waals surface area contributed by atoms with Crippen LogP contribution in [0.25, 0.3) is 0 Å². The van der Waals surface area contributed by atoms with Crippen molar-refractivity contribution in [3.05, 3.63) is 29.3 Å². The molecule has 2 saturated heterocycles. The van der Waals surface area contributed by atoms with Crippen molar-refractivity contribution < 1.29 is 0 Å². The van der Waals surface area contributed by atoms with Crippen molar-refractivity contribution in [2.24, 2.45) is 0 Å². The van der Waals surface area contributed by atoms with Gasteiger partial charge >= 0.3 is 0 Å². The summed E-state index contributed by atoms with van der Waals surface area (Å²) < 4.78 is 0. The molecule has 0 radical (unpaired) electrons. The van der Waals surface area contributed by atoms with Gasteiger partial charge in [0.25, 0.3) is 0 Å². The lowest BCUT2D eigenvalue weighted by Gasteiger charge is -2.50. The average Bonchev–Trinajstić information content (AvgIpc) is 2.52. The number of piperidine rings is 2. The third-order valence-electron chi connectivity index (χ3n) is 4.93. The van der Waals surface area contributed by atoms with Crippen molar-refractivity contribution in [2.45, 2.75) is 50.2 Å². The van der Waals surface area contributed by atoms with Gasteiger partial charge in [-0.05, 0) is 57.4 Å². The van der Waals surface area contributed by atoms with E-state index < -0.39 is 0 Å². The maximum Gasteiger partial charge on any atom is 0.101 e. The highest BCUT2D eigenvalue weighted by Gasteiger charge is 2.37. The lowest BCUT2D eigenvalue weighted by molar-refractivity contribution is 0.252. The summed E-state index contributed by atoms with van der Waals surface area (Å²) in [6.45, 7) is 0. The molecule has 4 nitrogen and oxygen atoms in total. The quantitative estimate of drug-likeness (QED) is 0.904. The van der Waals surface area contributed by atoms with Gasteiger partial charge in [-0.1, -0.05) is 0 Å². The zero-order valence-corrected chi connectivity index (χ0v) is 12.3. The van der Waals surface area contributed by atoms with Crippen LogP contribution in [0, 0.1) is 22.7 Å². The van der Waals surface area contributed by atoms with E-state index in [9.17, 15) is 5.26 Å². The molecular weight excluding hydrogens is 260 g/mol. The summed E-state index contributed by atoms with van der Waals surface area (Å²) in [6.07, 6.45) is 6.06. The monoisotopic (exact) mass is 280 g/mol. The average molecular weight is 280 g/mol. The third kappa shape index (κ3) is 2.48. The van der Waals surface area contributed by atoms with Gasteiger partial charge in [0.15, 0.2) is 0 Å². The van der Waals surface area contributed by atoms with Gasteiger partial charge in [0.1, 0.15) is 12.1 Å². The molecule has 1 aromatic carbocycles. The van der Waals surface area contributed by atoms with Crippen LogP contribution in [-0.4, -0.2) is 25.2 Å². The molecule has 2 aliphatic heterocycles. The lowest BCUT2D eigenvalue weighted by atomic mass is 9.81. The van der Waals surface area contributed by atoms with E-state index in [1.807, 2.05) is 19.2 Å². The van der Waals surface area contributed by atoms with Crippen molar-refractivity contribution in [1.82, 2.24) is 5.32 Å². The van der Waals surface area contributed by atoms with Crippen molar-refractivity contribution in [3.8, 4) is 12.1 Å². The minimum Gasteiger partial charge on any atom is -0.365 e. The Balaban J connectivity index is 1.93. The van der Waals surface area contributed by atoms with Crippen LogP contribution in [0.1, 0.15) is 43.2 Å². The summed E-state index contributed by atoms with van der Waals surface area (Å²) in [5.74, 6) is 0. The maximum absolute atomic E-state index is 9.23. The van der Waals surface area contributed by atoms with Gasteiger partial charge in [0.05, 0.1) is 11.1 Å². The fourth-order valence-electron chi connectivity index (χ4n) is 3.92. The number of hydrogen-bond donors (Lipinski definition) is 1. The summed E-state index contributed by atoms with van der Waals surface area (Å²) in [5, 5.41) is 21.7. The van der Waals surface area contributed by atoms with Crippen LogP contribution in [0.2, 0.25) is 0 Å². The topological polar surface area (TPSA) is 62.9 Å². The predicted octanol–water partition coefficient (Wildman–Crippen LogP) is 2.54. The molecule has 1 aromatic rings. The van der Waals surface area contributed by atoms with Crippen molar-refractivity contribution in [1.29, 1.82) is 10.5 Å². The lowest BCUT2D eigenvalue weighted by Crippen LogP contribution is -2.56. The Labute approximate surface area is 126 Å². The van der Waals surface area contributed by atoms with Gasteiger partial charge in [0, 0.05) is 23.8 Å². The zero-order chi connectivity index (χ0) is 14.8. The zero-order valence-electron chi connectivity index (χ0n) is 12.3. The van der Waals surface area contributed by atoms with Gasteiger partial charge in [-0.3, -0.25) is 0 Å². The first-order valence-electron chi connectivity index (χ1n) is 7.66. The Morgan fingerprint density at radius 2 is 1.76 bits per heavy atom. The van der Waals surface area contributed by atoms with Crippen molar-refractivity contribution in [3.63, 3.8) is 0 Å². The standard InChI is InChI=1S/C17H20N4/c1-20-14-8-15-3-2-4-16(9-14)21(15)17-6-5-12(10-18)13(7-17)11-19/h5-7,14-16,20H,2-4,8-9H2,1H3. The molecule has 0 amide bonds. The number of anilines is 1. The highest BCUT2D eigenvalue weighted by molar-refractivity contribution is 5.59. The summed E-state index contributed by atoms with van der Waals surface area (Å²) in [7, 11) is 2.05. The molecule has 0 aromatic heterocycles. The summed E-state index contributed by atoms with van der Waals surface area (Å²) in [4.78, 5) is 2.50. The molecule has 0 saturated carbocycles. The Bertz CT molecular complexity index is 596. The molecular formula is C17H20N4. The molecule has 2 atom stereocenters. The van der Waals surface area contributed by atoms with Crippen LogP contribution in [0.5, 0.6) is 0 Å². The molecule has 0 aliphatic carbocycles. The van der Waals surface area contributed by atoms with Gasteiger partial charge in [-0.15, -0.1) is 0 Å². The van der Waals surface area contributed by atoms with Gasteiger partial charge in [-0.2, -0.15) is 10.5 Å². The van der Waals surface area contributed by atoms with E-state index in [4.69, 9.17) is 5.26 Å². The highest BCUT2D eigenvalue weighted by Crippen LogP contribution is 2.38. The first-order chi connectivity index (χ1) is 10.3. The van der Waals surface area contributed by atoms with Crippen LogP contribution in [0.3, 0.4) is 0 Å². The number of rotatable bonds is 2. The minimum absolute atomic E-state index is 0.469. The molecule has 0 spiro atoms. The second-order valence-electron chi connectivity index (χ2n) is 6.06. The SMILES string of the molecule is CNC1CC2CCCC(C1)N2c1ccc(C#N)c(C#N)c1. The summed E-state index contributed by atoms with van der Waals surface area (Å²) >= 11 is 0. The molecule has 108 valence electrons. The fourth-order valence-corrected chi connectivity index (χ4v) is 3.92. The van der Waals surface area contributed by atoms with E-state index in [1.54, 1.807) is 6.07 Å². The molecule has 3 rings (SSSR count). The van der Waals surface area contributed by atoms with Gasteiger partial charge < -0.3 is 10.2 Å². The molecule has 2 unspecified atom stereocenters. The molecule has 2 aliphatic rings. The van der Waals surface area contributed by atoms with Crippen LogP contribution < -0.4 is 10.2 Å². The second-order valence-corrected chi connectivity index (χ2v) is 6.06. The normalized spacial score (nSPS) is 27.8. The number of nitriles is 2. The van der Waals surface area contributed by atoms with E-state index >= 15 is 0 Å². The van der Waals surface area contributed by atoms with E-state index in [2.05, 4.69) is 22.4 Å². The molecule has 2 bridgehead atoms. The predicted molar refractivity (Wildman–Crippen MR) is 81.9 cm³/mol.